The predicted molar refractivity (Wildman–Crippen MR) is 120 cm³/mol. The van der Waals surface area contributed by atoms with Crippen LogP contribution in [0.1, 0.15) is 35.1 Å². The van der Waals surface area contributed by atoms with Crippen molar-refractivity contribution < 1.29 is 65.5 Å². The molecule has 0 saturated heterocycles. The van der Waals surface area contributed by atoms with Crippen LogP contribution in [0.5, 0.6) is 5.88 Å². The molecule has 0 saturated carbocycles. The third-order valence-corrected chi connectivity index (χ3v) is 7.88. The maximum absolute atomic E-state index is 12.9. The molecule has 1 unspecified atom stereocenters. The van der Waals surface area contributed by atoms with Crippen molar-refractivity contribution in [3.05, 3.63) is 39.2 Å². The molecular weight excluding hydrogens is 526 g/mol. The van der Waals surface area contributed by atoms with Crippen LogP contribution in [-0.2, 0) is 47.0 Å². The van der Waals surface area contributed by atoms with E-state index in [2.05, 4.69) is 21.2 Å². The van der Waals surface area contributed by atoms with Crippen LogP contribution in [0, 0.1) is 5.92 Å². The molecule has 37 heavy (non-hydrogen) atoms. The number of carbonyl (C=O) groups excluding carboxylic acids is 2. The van der Waals surface area contributed by atoms with E-state index in [1.165, 1.54) is 11.1 Å². The molecule has 15 heteroatoms. The van der Waals surface area contributed by atoms with Crippen LogP contribution in [0.15, 0.2) is 17.2 Å². The zero-order valence-electron chi connectivity index (χ0n) is 20.0. The average molecular weight is 550 g/mol. The SMILES string of the molecule is O=C([N-]S(=O)(=O)c1cnn2c1OCC(CNC(=O)C(F)(F)F)C2)Nc1c2c(cc3c1CCC3)CCC2.[Na+]. The number of urea groups is 1. The van der Waals surface area contributed by atoms with Crippen molar-refractivity contribution in [1.82, 2.24) is 15.1 Å². The molecule has 3 aliphatic rings. The van der Waals surface area contributed by atoms with Crippen molar-refractivity contribution in [2.24, 2.45) is 5.92 Å². The third-order valence-electron chi connectivity index (χ3n) is 6.64. The monoisotopic (exact) mass is 549 g/mol. The number of carbonyl (C=O) groups is 2. The molecular formula is C22H23F3N5NaO5S. The van der Waals surface area contributed by atoms with Gasteiger partial charge in [-0.15, -0.1) is 0 Å². The number of amides is 3. The maximum atomic E-state index is 12.9. The fourth-order valence-electron chi connectivity index (χ4n) is 5.02. The number of rotatable bonds is 5. The summed E-state index contributed by atoms with van der Waals surface area (Å²) < 4.78 is 72.9. The molecule has 2 N–H and O–H groups in total. The molecule has 2 aromatic rings. The zero-order chi connectivity index (χ0) is 25.7. The number of anilines is 1. The number of hydrogen-bond acceptors (Lipinski definition) is 6. The van der Waals surface area contributed by atoms with Crippen LogP contribution in [-0.4, -0.2) is 49.5 Å². The van der Waals surface area contributed by atoms with Gasteiger partial charge in [-0.3, -0.25) is 9.59 Å². The summed E-state index contributed by atoms with van der Waals surface area (Å²) in [4.78, 5) is 23.3. The number of aromatic nitrogens is 2. The quantitative estimate of drug-likeness (QED) is 0.499. The molecule has 5 rings (SSSR count). The van der Waals surface area contributed by atoms with E-state index in [1.54, 1.807) is 5.32 Å². The minimum Gasteiger partial charge on any atom is -0.476 e. The summed E-state index contributed by atoms with van der Waals surface area (Å²) in [6.07, 6.45) is 1.37. The second-order valence-corrected chi connectivity index (χ2v) is 10.7. The maximum Gasteiger partial charge on any atom is 1.00 e. The normalized spacial score (nSPS) is 18.1. The fraction of sp³-hybridized carbons (Fsp3) is 0.500. The summed E-state index contributed by atoms with van der Waals surface area (Å²) in [5.41, 5.74) is 5.08. The summed E-state index contributed by atoms with van der Waals surface area (Å²) in [5, 5.41) is 8.39. The Morgan fingerprint density at radius 3 is 2.41 bits per heavy atom. The Morgan fingerprint density at radius 2 is 1.78 bits per heavy atom. The third kappa shape index (κ3) is 5.61. The number of hydrogen-bond donors (Lipinski definition) is 2. The van der Waals surface area contributed by atoms with Gasteiger partial charge in [0.2, 0.25) is 15.9 Å². The number of ether oxygens (including phenoxy) is 1. The molecule has 2 aliphatic carbocycles. The molecule has 194 valence electrons. The van der Waals surface area contributed by atoms with E-state index in [0.717, 1.165) is 60.5 Å². The number of halogens is 3. The number of nitrogens with zero attached hydrogens (tertiary/aromatic N) is 3. The largest absolute Gasteiger partial charge is 1.00 e. The Labute approximate surface area is 233 Å². The van der Waals surface area contributed by atoms with Gasteiger partial charge in [-0.05, 0) is 66.5 Å². The van der Waals surface area contributed by atoms with Crippen LogP contribution in [0.25, 0.3) is 4.72 Å². The van der Waals surface area contributed by atoms with E-state index in [0.29, 0.717) is 5.69 Å². The molecule has 0 bridgehead atoms. The van der Waals surface area contributed by atoms with Gasteiger partial charge >= 0.3 is 41.6 Å². The zero-order valence-corrected chi connectivity index (χ0v) is 22.8. The summed E-state index contributed by atoms with van der Waals surface area (Å²) in [6.45, 7) is -0.476. The summed E-state index contributed by atoms with van der Waals surface area (Å²) in [7, 11) is -4.48. The van der Waals surface area contributed by atoms with Gasteiger partial charge in [-0.25, -0.2) is 13.1 Å². The molecule has 2 heterocycles. The molecule has 0 radical (unpaired) electrons. The Bertz CT molecular complexity index is 1310. The van der Waals surface area contributed by atoms with Crippen LogP contribution in [0.4, 0.5) is 23.7 Å². The fourth-order valence-corrected chi connectivity index (χ4v) is 5.95. The van der Waals surface area contributed by atoms with Crippen LogP contribution >= 0.6 is 0 Å². The van der Waals surface area contributed by atoms with Crippen LogP contribution in [0.2, 0.25) is 0 Å². The van der Waals surface area contributed by atoms with Gasteiger partial charge in [0.15, 0.2) is 10.9 Å². The molecule has 1 atom stereocenters. The van der Waals surface area contributed by atoms with Crippen molar-refractivity contribution in [1.29, 1.82) is 0 Å². The number of sulfonamides is 1. The van der Waals surface area contributed by atoms with E-state index < -0.39 is 39.0 Å². The van der Waals surface area contributed by atoms with E-state index >= 15 is 0 Å². The predicted octanol–water partition coefficient (Wildman–Crippen LogP) is -0.154. The summed E-state index contributed by atoms with van der Waals surface area (Å²) >= 11 is 0. The molecule has 3 amide bonds. The first-order valence-corrected chi connectivity index (χ1v) is 13.0. The smallest absolute Gasteiger partial charge is 0.476 e. The molecule has 0 fully saturated rings. The van der Waals surface area contributed by atoms with Gasteiger partial charge in [0.1, 0.15) is 0 Å². The van der Waals surface area contributed by atoms with Gasteiger partial charge in [0.05, 0.1) is 19.3 Å². The van der Waals surface area contributed by atoms with E-state index in [9.17, 15) is 31.2 Å². The van der Waals surface area contributed by atoms with Crippen molar-refractivity contribution >= 4 is 27.6 Å². The summed E-state index contributed by atoms with van der Waals surface area (Å²) in [6, 6.07) is 1.17. The number of alkyl halides is 3. The van der Waals surface area contributed by atoms with Crippen molar-refractivity contribution in [3.63, 3.8) is 0 Å². The first-order chi connectivity index (χ1) is 17.0. The van der Waals surface area contributed by atoms with Gasteiger partial charge in [0.25, 0.3) is 0 Å². The van der Waals surface area contributed by atoms with Gasteiger partial charge in [-0.1, -0.05) is 6.07 Å². The minimum absolute atomic E-state index is 0. The van der Waals surface area contributed by atoms with E-state index in [1.807, 2.05) is 0 Å². The van der Waals surface area contributed by atoms with Crippen LogP contribution in [0.3, 0.4) is 0 Å². The van der Waals surface area contributed by atoms with Crippen molar-refractivity contribution in [2.75, 3.05) is 18.5 Å². The van der Waals surface area contributed by atoms with Gasteiger partial charge < -0.3 is 20.1 Å². The first-order valence-electron chi connectivity index (χ1n) is 11.5. The molecule has 0 spiro atoms. The molecule has 1 aromatic carbocycles. The van der Waals surface area contributed by atoms with E-state index in [4.69, 9.17) is 4.74 Å². The Kier molecular flexibility index (Phi) is 7.84. The second kappa shape index (κ2) is 10.5. The molecule has 10 nitrogen and oxygen atoms in total. The standard InChI is InChI=1S/C22H24F3N5O5S.Na/c23-22(24,25)20(31)26-8-12-10-30-19(35-11-12)17(9-27-30)36(33,34)29-21(32)28-18-15-5-1-3-13(15)7-14-4-2-6-16(14)18;/h7,9,12H,1-6,8,10-11H2,(H3,26,28,29,31,32);/q;+1/p-1. The van der Waals surface area contributed by atoms with Gasteiger partial charge in [0, 0.05) is 12.5 Å². The topological polar surface area (TPSA) is 133 Å². The summed E-state index contributed by atoms with van der Waals surface area (Å²) in [5.74, 6) is -2.80. The first kappa shape index (κ1) is 27.7. The van der Waals surface area contributed by atoms with Crippen LogP contribution < -0.4 is 44.9 Å². The molecule has 1 aliphatic heterocycles. The van der Waals surface area contributed by atoms with Gasteiger partial charge in [-0.2, -0.15) is 18.3 Å². The number of fused-ring (bicyclic) bond motifs is 3. The average Bonchev–Trinajstić information content (AvgIpc) is 3.55. The number of benzene rings is 1. The number of aryl methyl sites for hydroxylation is 2. The Balaban J connectivity index is 0.00000320. The Morgan fingerprint density at radius 1 is 1.14 bits per heavy atom. The minimum atomic E-state index is -5.00. The number of nitrogens with one attached hydrogen (secondary N) is 2. The van der Waals surface area contributed by atoms with E-state index in [-0.39, 0.29) is 55.1 Å². The van der Waals surface area contributed by atoms with Crippen molar-refractivity contribution in [3.8, 4) is 5.88 Å². The Hall–Kier alpha value is -2.29. The second-order valence-electron chi connectivity index (χ2n) is 9.11. The molecule has 1 aromatic heterocycles. The van der Waals surface area contributed by atoms with Crippen molar-refractivity contribution in [2.45, 2.75) is 56.1 Å².